The molecule has 4 aromatic rings. The molecule has 0 radical (unpaired) electrons. The lowest BCUT2D eigenvalue weighted by Gasteiger charge is -2.36. The Morgan fingerprint density at radius 2 is 1.61 bits per heavy atom. The Morgan fingerprint density at radius 3 is 2.28 bits per heavy atom. The summed E-state index contributed by atoms with van der Waals surface area (Å²) in [6.07, 6.45) is 1.57. The average Bonchev–Trinajstić information content (AvgIpc) is 2.90. The van der Waals surface area contributed by atoms with Crippen LogP contribution in [-0.4, -0.2) is 41.6 Å². The summed E-state index contributed by atoms with van der Waals surface area (Å²) in [7, 11) is 0. The van der Waals surface area contributed by atoms with E-state index >= 15 is 4.39 Å². The van der Waals surface area contributed by atoms with Crippen LogP contribution in [0.4, 0.5) is 15.8 Å². The van der Waals surface area contributed by atoms with E-state index in [-0.39, 0.29) is 10.9 Å². The van der Waals surface area contributed by atoms with Crippen molar-refractivity contribution in [2.45, 2.75) is 20.0 Å². The van der Waals surface area contributed by atoms with E-state index in [1.165, 1.54) is 11.6 Å². The van der Waals surface area contributed by atoms with Crippen LogP contribution in [-0.2, 0) is 13.1 Å². The van der Waals surface area contributed by atoms with Crippen molar-refractivity contribution in [3.63, 3.8) is 0 Å². The minimum Gasteiger partial charge on any atom is -0.367 e. The Hall–Kier alpha value is -3.97. The molecule has 2 heterocycles. The Kier molecular flexibility index (Phi) is 6.82. The number of pyridine rings is 1. The third kappa shape index (κ3) is 4.88. The van der Waals surface area contributed by atoms with Gasteiger partial charge in [-0.05, 0) is 36.8 Å². The second-order valence-electron chi connectivity index (χ2n) is 9.05. The van der Waals surface area contributed by atoms with E-state index in [4.69, 9.17) is 0 Å². The van der Waals surface area contributed by atoms with Crippen molar-refractivity contribution in [1.29, 1.82) is 0 Å². The summed E-state index contributed by atoms with van der Waals surface area (Å²) in [5, 5.41) is 2.97. The van der Waals surface area contributed by atoms with E-state index < -0.39 is 17.2 Å². The molecule has 1 amide bonds. The van der Waals surface area contributed by atoms with Crippen LogP contribution in [0.5, 0.6) is 0 Å². The summed E-state index contributed by atoms with van der Waals surface area (Å²) in [6.45, 7) is 6.40. The summed E-state index contributed by atoms with van der Waals surface area (Å²) in [5.74, 6) is -0.950. The number of aromatic nitrogens is 1. The van der Waals surface area contributed by atoms with Gasteiger partial charge < -0.3 is 14.8 Å². The summed E-state index contributed by atoms with van der Waals surface area (Å²) < 4.78 is 17.2. The maximum Gasteiger partial charge on any atom is 0.261 e. The lowest BCUT2D eigenvalue weighted by molar-refractivity contribution is 0.102. The smallest absolute Gasteiger partial charge is 0.261 e. The van der Waals surface area contributed by atoms with Crippen LogP contribution in [0.1, 0.15) is 22.8 Å². The predicted molar refractivity (Wildman–Crippen MR) is 142 cm³/mol. The number of fused-ring (bicyclic) bond motifs is 1. The van der Waals surface area contributed by atoms with Crippen molar-refractivity contribution in [2.75, 3.05) is 36.4 Å². The van der Waals surface area contributed by atoms with Gasteiger partial charge in [0.25, 0.3) is 5.91 Å². The van der Waals surface area contributed by atoms with E-state index in [1.54, 1.807) is 36.5 Å². The number of nitrogens with zero attached hydrogens (tertiary/aromatic N) is 3. The monoisotopic (exact) mass is 484 g/mol. The van der Waals surface area contributed by atoms with Gasteiger partial charge in [-0.2, -0.15) is 0 Å². The van der Waals surface area contributed by atoms with Gasteiger partial charge in [-0.15, -0.1) is 0 Å². The molecule has 7 heteroatoms. The number of para-hydroxylation sites is 1. The fourth-order valence-electron chi connectivity index (χ4n) is 4.77. The number of aryl methyl sites for hydroxylation is 1. The molecule has 184 valence electrons. The van der Waals surface area contributed by atoms with Crippen LogP contribution >= 0.6 is 0 Å². The molecule has 1 aromatic heterocycles. The quantitative estimate of drug-likeness (QED) is 0.430. The van der Waals surface area contributed by atoms with E-state index in [0.29, 0.717) is 36.5 Å². The summed E-state index contributed by atoms with van der Waals surface area (Å²) in [5.41, 5.74) is 2.50. The highest BCUT2D eigenvalue weighted by Crippen LogP contribution is 2.27. The fourth-order valence-corrected chi connectivity index (χ4v) is 4.77. The van der Waals surface area contributed by atoms with Gasteiger partial charge in [0.05, 0.1) is 11.2 Å². The summed E-state index contributed by atoms with van der Waals surface area (Å²) in [4.78, 5) is 30.5. The average molecular weight is 485 g/mol. The lowest BCUT2D eigenvalue weighted by atomic mass is 10.1. The summed E-state index contributed by atoms with van der Waals surface area (Å²) in [6, 6.07) is 22.3. The molecule has 0 spiro atoms. The van der Waals surface area contributed by atoms with E-state index in [1.807, 2.05) is 40.7 Å². The second-order valence-corrected chi connectivity index (χ2v) is 9.05. The molecule has 1 aliphatic rings. The van der Waals surface area contributed by atoms with Crippen molar-refractivity contribution < 1.29 is 9.18 Å². The molecule has 0 atom stereocenters. The number of anilines is 2. The zero-order valence-corrected chi connectivity index (χ0v) is 20.3. The van der Waals surface area contributed by atoms with E-state index in [0.717, 1.165) is 19.6 Å². The first-order valence-corrected chi connectivity index (χ1v) is 12.3. The number of carbonyl (C=O) groups is 1. The number of nitrogens with one attached hydrogen (secondary N) is 1. The van der Waals surface area contributed by atoms with Gasteiger partial charge >= 0.3 is 0 Å². The largest absolute Gasteiger partial charge is 0.367 e. The Balaban J connectivity index is 1.40. The molecule has 36 heavy (non-hydrogen) atoms. The van der Waals surface area contributed by atoms with Gasteiger partial charge in [-0.1, -0.05) is 48.5 Å². The SMILES string of the molecule is CCn1cc(C(=O)Nc2ccccc2)c(=O)c2cc(F)c(N3CCN(Cc4ccccc4)CC3)cc21. The van der Waals surface area contributed by atoms with Crippen molar-refractivity contribution in [3.8, 4) is 0 Å². The fraction of sp³-hybridized carbons (Fsp3) is 0.241. The molecule has 1 fully saturated rings. The minimum absolute atomic E-state index is 0.00474. The number of halogens is 1. The van der Waals surface area contributed by atoms with Crippen molar-refractivity contribution >= 4 is 28.2 Å². The third-order valence-corrected chi connectivity index (χ3v) is 6.73. The van der Waals surface area contributed by atoms with Gasteiger partial charge in [-0.25, -0.2) is 4.39 Å². The van der Waals surface area contributed by atoms with E-state index in [2.05, 4.69) is 22.3 Å². The zero-order valence-electron chi connectivity index (χ0n) is 20.3. The number of rotatable bonds is 6. The number of amides is 1. The molecule has 0 bridgehead atoms. The maximum absolute atomic E-state index is 15.3. The molecule has 0 unspecified atom stereocenters. The van der Waals surface area contributed by atoms with Crippen LogP contribution in [0.25, 0.3) is 10.9 Å². The first-order valence-electron chi connectivity index (χ1n) is 12.3. The van der Waals surface area contributed by atoms with Gasteiger partial charge in [0.2, 0.25) is 5.43 Å². The molecule has 1 N–H and O–H groups in total. The standard InChI is InChI=1S/C29H29FN4O2/c1-2-33-20-24(29(36)31-22-11-7-4-8-12-22)28(35)23-17-25(30)27(18-26(23)33)34-15-13-32(14-16-34)19-21-9-5-3-6-10-21/h3-12,17-18,20H,2,13-16,19H2,1H3,(H,31,36). The van der Waals surface area contributed by atoms with Crippen LogP contribution < -0.4 is 15.6 Å². The number of carbonyl (C=O) groups excluding carboxylic acids is 1. The Labute approximate surface area is 209 Å². The zero-order chi connectivity index (χ0) is 25.1. The summed E-state index contributed by atoms with van der Waals surface area (Å²) >= 11 is 0. The minimum atomic E-state index is -0.505. The molecule has 0 aliphatic carbocycles. The van der Waals surface area contributed by atoms with E-state index in [9.17, 15) is 9.59 Å². The molecule has 5 rings (SSSR count). The normalized spacial score (nSPS) is 14.2. The maximum atomic E-state index is 15.3. The molecule has 1 saturated heterocycles. The van der Waals surface area contributed by atoms with Gasteiger partial charge in [0.15, 0.2) is 0 Å². The first-order chi connectivity index (χ1) is 17.5. The lowest BCUT2D eigenvalue weighted by Crippen LogP contribution is -2.46. The highest BCUT2D eigenvalue weighted by atomic mass is 19.1. The Morgan fingerprint density at radius 1 is 0.944 bits per heavy atom. The first kappa shape index (κ1) is 23.8. The predicted octanol–water partition coefficient (Wildman–Crippen LogP) is 4.74. The van der Waals surface area contributed by atoms with Crippen LogP contribution in [0, 0.1) is 5.82 Å². The van der Waals surface area contributed by atoms with Crippen LogP contribution in [0.15, 0.2) is 83.8 Å². The van der Waals surface area contributed by atoms with Gasteiger partial charge in [-0.3, -0.25) is 14.5 Å². The third-order valence-electron chi connectivity index (χ3n) is 6.73. The van der Waals surface area contributed by atoms with Crippen molar-refractivity contribution in [2.24, 2.45) is 0 Å². The number of hydrogen-bond acceptors (Lipinski definition) is 4. The molecule has 6 nitrogen and oxygen atoms in total. The Bertz CT molecular complexity index is 1430. The number of benzene rings is 3. The molecular formula is C29H29FN4O2. The van der Waals surface area contributed by atoms with Gasteiger partial charge in [0.1, 0.15) is 11.4 Å². The van der Waals surface area contributed by atoms with Crippen LogP contribution in [0.3, 0.4) is 0 Å². The second kappa shape index (κ2) is 10.3. The highest BCUT2D eigenvalue weighted by Gasteiger charge is 2.23. The van der Waals surface area contributed by atoms with Crippen molar-refractivity contribution in [3.05, 3.63) is 106 Å². The van der Waals surface area contributed by atoms with Gasteiger partial charge in [0, 0.05) is 56.5 Å². The molecule has 1 aliphatic heterocycles. The highest BCUT2D eigenvalue weighted by molar-refractivity contribution is 6.05. The number of piperazine rings is 1. The molecule has 3 aromatic carbocycles. The topological polar surface area (TPSA) is 57.6 Å². The van der Waals surface area contributed by atoms with Crippen molar-refractivity contribution in [1.82, 2.24) is 9.47 Å². The number of hydrogen-bond donors (Lipinski definition) is 1. The molecule has 0 saturated carbocycles. The molecular weight excluding hydrogens is 455 g/mol. The van der Waals surface area contributed by atoms with Crippen LogP contribution in [0.2, 0.25) is 0 Å².